The maximum atomic E-state index is 12.2. The van der Waals surface area contributed by atoms with Gasteiger partial charge in [0.1, 0.15) is 0 Å². The maximum absolute atomic E-state index is 12.2. The van der Waals surface area contributed by atoms with Crippen molar-refractivity contribution >= 4 is 23.2 Å². The minimum Gasteiger partial charge on any atom is -0.399 e. The summed E-state index contributed by atoms with van der Waals surface area (Å²) in [5.74, 6) is -0.541. The van der Waals surface area contributed by atoms with E-state index < -0.39 is 0 Å². The molecule has 1 fully saturated rings. The molecular weight excluding hydrogens is 256 g/mol. The van der Waals surface area contributed by atoms with E-state index >= 15 is 0 Å². The van der Waals surface area contributed by atoms with Crippen LogP contribution in [0, 0.1) is 5.92 Å². The number of amides is 2. The van der Waals surface area contributed by atoms with Gasteiger partial charge in [-0.25, -0.2) is 0 Å². The number of anilines is 2. The number of carbonyl (C=O) groups is 2. The van der Waals surface area contributed by atoms with Crippen LogP contribution in [0.3, 0.4) is 0 Å². The van der Waals surface area contributed by atoms with Gasteiger partial charge < -0.3 is 16.8 Å². The van der Waals surface area contributed by atoms with Crippen LogP contribution in [-0.2, 0) is 9.59 Å². The van der Waals surface area contributed by atoms with Gasteiger partial charge in [0.25, 0.3) is 0 Å². The Morgan fingerprint density at radius 3 is 2.55 bits per heavy atom. The molecule has 1 aromatic carbocycles. The summed E-state index contributed by atoms with van der Waals surface area (Å²) in [5.41, 5.74) is 12.3. The Kier molecular flexibility index (Phi) is 4.24. The number of likely N-dealkylation sites (tertiary alicyclic amines) is 1. The van der Waals surface area contributed by atoms with Gasteiger partial charge in [0.15, 0.2) is 0 Å². The molecule has 6 nitrogen and oxygen atoms in total. The molecule has 0 aromatic heterocycles. The second-order valence-electron chi connectivity index (χ2n) is 5.17. The molecule has 0 bridgehead atoms. The van der Waals surface area contributed by atoms with Crippen molar-refractivity contribution < 1.29 is 9.59 Å². The Balaban J connectivity index is 1.92. The maximum Gasteiger partial charge on any atom is 0.241 e. The van der Waals surface area contributed by atoms with Gasteiger partial charge in [0.2, 0.25) is 11.8 Å². The number of nitrogen functional groups attached to an aromatic ring is 1. The van der Waals surface area contributed by atoms with Crippen molar-refractivity contribution in [3.8, 4) is 0 Å². The van der Waals surface area contributed by atoms with Gasteiger partial charge in [0, 0.05) is 17.9 Å². The van der Waals surface area contributed by atoms with Crippen molar-refractivity contribution in [1.29, 1.82) is 0 Å². The highest BCUT2D eigenvalue weighted by Crippen LogP contribution is 2.19. The van der Waals surface area contributed by atoms with Crippen molar-refractivity contribution in [2.24, 2.45) is 11.7 Å². The molecule has 20 heavy (non-hydrogen) atoms. The zero-order chi connectivity index (χ0) is 14.7. The summed E-state index contributed by atoms with van der Waals surface area (Å²) in [7, 11) is 0. The predicted octanol–water partition coefficient (Wildman–Crippen LogP) is 0.403. The molecule has 0 saturated carbocycles. The van der Waals surface area contributed by atoms with E-state index in [1.807, 2.05) is 11.8 Å². The van der Waals surface area contributed by atoms with Crippen LogP contribution in [0.5, 0.6) is 0 Å². The highest BCUT2D eigenvalue weighted by atomic mass is 16.2. The van der Waals surface area contributed by atoms with Crippen LogP contribution in [0.4, 0.5) is 11.4 Å². The number of hydrogen-bond acceptors (Lipinski definition) is 4. The fourth-order valence-electron chi connectivity index (χ4n) is 2.35. The van der Waals surface area contributed by atoms with E-state index in [9.17, 15) is 9.59 Å². The monoisotopic (exact) mass is 276 g/mol. The molecule has 1 heterocycles. The molecular formula is C14H20N4O2. The van der Waals surface area contributed by atoms with Gasteiger partial charge in [-0.15, -0.1) is 0 Å². The lowest BCUT2D eigenvalue weighted by Gasteiger charge is -2.23. The second-order valence-corrected chi connectivity index (χ2v) is 5.17. The van der Waals surface area contributed by atoms with Gasteiger partial charge in [-0.3, -0.25) is 14.5 Å². The lowest BCUT2D eigenvalue weighted by Crippen LogP contribution is -2.41. The molecule has 0 radical (unpaired) electrons. The molecule has 2 unspecified atom stereocenters. The largest absolute Gasteiger partial charge is 0.399 e. The van der Waals surface area contributed by atoms with Crippen LogP contribution in [-0.4, -0.2) is 35.8 Å². The van der Waals surface area contributed by atoms with Gasteiger partial charge in [-0.1, -0.05) is 0 Å². The molecule has 2 atom stereocenters. The van der Waals surface area contributed by atoms with Crippen molar-refractivity contribution in [2.45, 2.75) is 19.4 Å². The lowest BCUT2D eigenvalue weighted by atomic mass is 10.1. The number of hydrogen-bond donors (Lipinski definition) is 3. The molecule has 6 heteroatoms. The number of benzene rings is 1. The average molecular weight is 276 g/mol. The van der Waals surface area contributed by atoms with Crippen molar-refractivity contribution in [3.05, 3.63) is 24.3 Å². The summed E-state index contributed by atoms with van der Waals surface area (Å²) in [6, 6.07) is 6.70. The second kappa shape index (κ2) is 5.92. The first-order valence-electron chi connectivity index (χ1n) is 6.67. The van der Waals surface area contributed by atoms with Crippen LogP contribution in [0.15, 0.2) is 24.3 Å². The van der Waals surface area contributed by atoms with Crippen LogP contribution in [0.25, 0.3) is 0 Å². The highest BCUT2D eigenvalue weighted by Gasteiger charge is 2.32. The third kappa shape index (κ3) is 3.27. The first-order valence-corrected chi connectivity index (χ1v) is 6.67. The van der Waals surface area contributed by atoms with Crippen LogP contribution in [0.2, 0.25) is 0 Å². The summed E-state index contributed by atoms with van der Waals surface area (Å²) in [4.78, 5) is 25.3. The molecule has 2 rings (SSSR count). The van der Waals surface area contributed by atoms with Crippen molar-refractivity contribution in [2.75, 3.05) is 24.1 Å². The van der Waals surface area contributed by atoms with Gasteiger partial charge in [-0.05, 0) is 44.2 Å². The minimum absolute atomic E-state index is 0.0973. The Morgan fingerprint density at radius 2 is 2.00 bits per heavy atom. The Bertz CT molecular complexity index is 500. The standard InChI is InChI=1S/C14H20N4O2/c1-9(18-7-6-10(8-18)13(16)19)14(20)17-12-4-2-11(15)3-5-12/h2-5,9-10H,6-8,15H2,1H3,(H2,16,19)(H,17,20). The van der Waals surface area contributed by atoms with E-state index in [0.717, 1.165) is 6.42 Å². The molecule has 5 N–H and O–H groups in total. The van der Waals surface area contributed by atoms with Crippen LogP contribution in [0.1, 0.15) is 13.3 Å². The Labute approximate surface area is 118 Å². The molecule has 0 aliphatic carbocycles. The molecule has 108 valence electrons. The Morgan fingerprint density at radius 1 is 1.35 bits per heavy atom. The summed E-state index contributed by atoms with van der Waals surface area (Å²) in [6.45, 7) is 3.09. The average Bonchev–Trinajstić information content (AvgIpc) is 2.90. The van der Waals surface area contributed by atoms with E-state index in [1.54, 1.807) is 24.3 Å². The van der Waals surface area contributed by atoms with Gasteiger partial charge >= 0.3 is 0 Å². The minimum atomic E-state index is -0.295. The fourth-order valence-corrected chi connectivity index (χ4v) is 2.35. The lowest BCUT2D eigenvalue weighted by molar-refractivity contribution is -0.123. The summed E-state index contributed by atoms with van der Waals surface area (Å²) < 4.78 is 0. The zero-order valence-electron chi connectivity index (χ0n) is 11.5. The number of nitrogens with zero attached hydrogens (tertiary/aromatic N) is 1. The summed E-state index contributed by atoms with van der Waals surface area (Å²) in [6.07, 6.45) is 0.717. The zero-order valence-corrected chi connectivity index (χ0v) is 11.5. The van der Waals surface area contributed by atoms with E-state index in [4.69, 9.17) is 11.5 Å². The molecule has 0 spiro atoms. The SMILES string of the molecule is CC(C(=O)Nc1ccc(N)cc1)N1CCC(C(N)=O)C1. The topological polar surface area (TPSA) is 101 Å². The first-order chi connectivity index (χ1) is 9.47. The number of carbonyl (C=O) groups excluding carboxylic acids is 2. The van der Waals surface area contributed by atoms with Gasteiger partial charge in [0.05, 0.1) is 12.0 Å². The molecule has 1 saturated heterocycles. The molecule has 1 aromatic rings. The van der Waals surface area contributed by atoms with Crippen molar-refractivity contribution in [1.82, 2.24) is 4.90 Å². The molecule has 1 aliphatic rings. The van der Waals surface area contributed by atoms with E-state index in [1.165, 1.54) is 0 Å². The summed E-state index contributed by atoms with van der Waals surface area (Å²) in [5, 5.41) is 2.84. The number of rotatable bonds is 4. The predicted molar refractivity (Wildman–Crippen MR) is 77.8 cm³/mol. The quantitative estimate of drug-likeness (QED) is 0.693. The van der Waals surface area contributed by atoms with E-state index in [-0.39, 0.29) is 23.8 Å². The normalized spacial score (nSPS) is 20.6. The van der Waals surface area contributed by atoms with Gasteiger partial charge in [-0.2, -0.15) is 0 Å². The third-order valence-corrected chi connectivity index (χ3v) is 3.73. The highest BCUT2D eigenvalue weighted by molar-refractivity contribution is 5.94. The molecule has 2 amide bonds. The first kappa shape index (κ1) is 14.3. The summed E-state index contributed by atoms with van der Waals surface area (Å²) >= 11 is 0. The third-order valence-electron chi connectivity index (χ3n) is 3.73. The van der Waals surface area contributed by atoms with E-state index in [2.05, 4.69) is 5.32 Å². The van der Waals surface area contributed by atoms with Crippen LogP contribution < -0.4 is 16.8 Å². The van der Waals surface area contributed by atoms with Crippen molar-refractivity contribution in [3.63, 3.8) is 0 Å². The molecule has 1 aliphatic heterocycles. The Hall–Kier alpha value is -2.08. The number of nitrogens with one attached hydrogen (secondary N) is 1. The number of nitrogens with two attached hydrogens (primary N) is 2. The fraction of sp³-hybridized carbons (Fsp3) is 0.429. The smallest absolute Gasteiger partial charge is 0.241 e. The van der Waals surface area contributed by atoms with Crippen LogP contribution >= 0.6 is 0 Å². The van der Waals surface area contributed by atoms with E-state index in [0.29, 0.717) is 24.5 Å². The number of primary amides is 1.